The first-order valence-corrected chi connectivity index (χ1v) is 9.96. The summed E-state index contributed by atoms with van der Waals surface area (Å²) in [5.74, 6) is 1.84. The van der Waals surface area contributed by atoms with E-state index < -0.39 is 11.6 Å². The number of nitrogens with zero attached hydrogens (tertiary/aromatic N) is 3. The van der Waals surface area contributed by atoms with Crippen molar-refractivity contribution in [2.45, 2.75) is 5.92 Å². The number of fused-ring (bicyclic) bond motifs is 2. The van der Waals surface area contributed by atoms with Crippen LogP contribution in [0.1, 0.15) is 22.6 Å². The van der Waals surface area contributed by atoms with Crippen LogP contribution in [0, 0.1) is 0 Å². The van der Waals surface area contributed by atoms with Crippen molar-refractivity contribution in [3.8, 4) is 11.5 Å². The molecule has 0 bridgehead atoms. The van der Waals surface area contributed by atoms with Crippen LogP contribution in [0.2, 0.25) is 5.02 Å². The Hall–Kier alpha value is -3.78. The lowest BCUT2D eigenvalue weighted by atomic mass is 9.85. The molecule has 9 heteroatoms. The van der Waals surface area contributed by atoms with Crippen LogP contribution in [0.5, 0.6) is 11.5 Å². The van der Waals surface area contributed by atoms with Crippen molar-refractivity contribution in [1.29, 1.82) is 0 Å². The monoisotopic (exact) mass is 435 g/mol. The minimum atomic E-state index is -0.427. The summed E-state index contributed by atoms with van der Waals surface area (Å²) in [4.78, 5) is 25.6. The third-order valence-corrected chi connectivity index (χ3v) is 5.70. The largest absolute Gasteiger partial charge is 0.457 e. The average molecular weight is 436 g/mol. The molecular weight excluding hydrogens is 418 g/mol. The van der Waals surface area contributed by atoms with Crippen molar-refractivity contribution in [1.82, 2.24) is 19.3 Å². The van der Waals surface area contributed by atoms with Gasteiger partial charge in [0, 0.05) is 36.8 Å². The zero-order valence-electron chi connectivity index (χ0n) is 16.7. The van der Waals surface area contributed by atoms with Crippen LogP contribution in [-0.2, 0) is 14.1 Å². The van der Waals surface area contributed by atoms with Crippen molar-refractivity contribution in [3.05, 3.63) is 97.3 Å². The predicted molar refractivity (Wildman–Crippen MR) is 118 cm³/mol. The van der Waals surface area contributed by atoms with Crippen molar-refractivity contribution >= 4 is 23.2 Å². The molecule has 0 aliphatic carbocycles. The standard InChI is InChI=1S/C22H18ClN5O3/c1-27-20-18(21(29)28(2)22(27)30)17(16-11-24-26-19(16)25-20)12-4-3-5-15(10-12)31-14-8-6-13(23)7-9-14/h3-11,17H,1-2H3,(H2,24,25,26)/t17-/m1/s1. The topological polar surface area (TPSA) is 93.9 Å². The molecule has 0 saturated heterocycles. The number of aromatic amines is 1. The third kappa shape index (κ3) is 3.12. The minimum Gasteiger partial charge on any atom is -0.457 e. The lowest BCUT2D eigenvalue weighted by molar-refractivity contribution is 0.482. The second kappa shape index (κ2) is 7.17. The highest BCUT2D eigenvalue weighted by atomic mass is 35.5. The summed E-state index contributed by atoms with van der Waals surface area (Å²) in [6.07, 6.45) is 1.76. The van der Waals surface area contributed by atoms with Gasteiger partial charge in [-0.25, -0.2) is 4.79 Å². The number of aromatic nitrogens is 4. The molecule has 3 heterocycles. The molecule has 0 spiro atoms. The Labute approximate surface area is 181 Å². The molecule has 0 fully saturated rings. The fraction of sp³-hybridized carbons (Fsp3) is 0.136. The van der Waals surface area contributed by atoms with Gasteiger partial charge in [0.05, 0.1) is 5.56 Å². The van der Waals surface area contributed by atoms with Gasteiger partial charge in [-0.2, -0.15) is 5.10 Å². The van der Waals surface area contributed by atoms with E-state index in [1.54, 1.807) is 37.5 Å². The van der Waals surface area contributed by atoms with Gasteiger partial charge in [0.2, 0.25) is 0 Å². The Morgan fingerprint density at radius 2 is 1.81 bits per heavy atom. The number of hydrogen-bond acceptors (Lipinski definition) is 5. The molecule has 1 aliphatic rings. The number of rotatable bonds is 3. The molecule has 2 aromatic heterocycles. The number of hydrogen-bond donors (Lipinski definition) is 2. The molecule has 156 valence electrons. The average Bonchev–Trinajstić information content (AvgIpc) is 3.25. The van der Waals surface area contributed by atoms with Gasteiger partial charge >= 0.3 is 5.69 Å². The van der Waals surface area contributed by atoms with Crippen molar-refractivity contribution in [3.63, 3.8) is 0 Å². The number of halogens is 1. The molecule has 31 heavy (non-hydrogen) atoms. The molecule has 0 radical (unpaired) electrons. The molecule has 0 unspecified atom stereocenters. The van der Waals surface area contributed by atoms with Crippen LogP contribution < -0.4 is 21.3 Å². The van der Waals surface area contributed by atoms with Gasteiger partial charge in [0.15, 0.2) is 5.82 Å². The Morgan fingerprint density at radius 3 is 2.58 bits per heavy atom. The van der Waals surface area contributed by atoms with Crippen LogP contribution in [-0.4, -0.2) is 19.3 Å². The van der Waals surface area contributed by atoms with Crippen molar-refractivity contribution in [2.24, 2.45) is 14.1 Å². The van der Waals surface area contributed by atoms with E-state index in [2.05, 4.69) is 15.5 Å². The third-order valence-electron chi connectivity index (χ3n) is 5.45. The summed E-state index contributed by atoms with van der Waals surface area (Å²) in [5.41, 5.74) is 1.36. The van der Waals surface area contributed by atoms with E-state index in [-0.39, 0.29) is 5.56 Å². The lowest BCUT2D eigenvalue weighted by Crippen LogP contribution is -2.42. The van der Waals surface area contributed by atoms with Gasteiger partial charge in [0.25, 0.3) is 5.56 Å². The SMILES string of the molecule is Cn1c2c(c(=O)n(C)c1=O)[C@H](c1cccc(Oc3ccc(Cl)cc3)c1)c1c[nH]nc1N2. The maximum Gasteiger partial charge on any atom is 0.332 e. The molecule has 8 nitrogen and oxygen atoms in total. The van der Waals surface area contributed by atoms with Crippen molar-refractivity contribution < 1.29 is 4.74 Å². The van der Waals surface area contributed by atoms with Crippen LogP contribution >= 0.6 is 11.6 Å². The van der Waals surface area contributed by atoms with Crippen molar-refractivity contribution in [2.75, 3.05) is 5.32 Å². The van der Waals surface area contributed by atoms with Crippen LogP contribution in [0.4, 0.5) is 11.6 Å². The number of nitrogens with one attached hydrogen (secondary N) is 2. The van der Waals surface area contributed by atoms with Gasteiger partial charge < -0.3 is 10.1 Å². The number of ether oxygens (including phenoxy) is 1. The Kier molecular flexibility index (Phi) is 4.44. The zero-order chi connectivity index (χ0) is 21.7. The Balaban J connectivity index is 1.66. The van der Waals surface area contributed by atoms with Gasteiger partial charge in [0.1, 0.15) is 17.3 Å². The number of anilines is 2. The maximum absolute atomic E-state index is 13.1. The van der Waals surface area contributed by atoms with E-state index in [9.17, 15) is 9.59 Å². The smallest absolute Gasteiger partial charge is 0.332 e. The molecule has 0 amide bonds. The highest BCUT2D eigenvalue weighted by molar-refractivity contribution is 6.30. The minimum absolute atomic E-state index is 0.355. The molecule has 1 atom stereocenters. The van der Waals surface area contributed by atoms with E-state index in [0.717, 1.165) is 15.7 Å². The summed E-state index contributed by atoms with van der Waals surface area (Å²) in [5, 5.41) is 10.8. The quantitative estimate of drug-likeness (QED) is 0.452. The molecule has 0 saturated carbocycles. The molecule has 4 aromatic rings. The highest BCUT2D eigenvalue weighted by Gasteiger charge is 2.34. The summed E-state index contributed by atoms with van der Waals surface area (Å²) in [6.45, 7) is 0. The van der Waals surface area contributed by atoms with E-state index in [1.165, 1.54) is 11.6 Å². The zero-order valence-corrected chi connectivity index (χ0v) is 17.5. The first kappa shape index (κ1) is 19.2. The summed E-state index contributed by atoms with van der Waals surface area (Å²) in [6, 6.07) is 14.6. The second-order valence-corrected chi connectivity index (χ2v) is 7.78. The first-order valence-electron chi connectivity index (χ1n) is 9.58. The van der Waals surface area contributed by atoms with Crippen LogP contribution in [0.15, 0.2) is 64.3 Å². The summed E-state index contributed by atoms with van der Waals surface area (Å²) in [7, 11) is 3.11. The maximum atomic E-state index is 13.1. The predicted octanol–water partition coefficient (Wildman–Crippen LogP) is 3.49. The van der Waals surface area contributed by atoms with E-state index >= 15 is 0 Å². The lowest BCUT2D eigenvalue weighted by Gasteiger charge is -2.27. The first-order chi connectivity index (χ1) is 14.9. The summed E-state index contributed by atoms with van der Waals surface area (Å²) >= 11 is 5.95. The van der Waals surface area contributed by atoms with Gasteiger partial charge in [-0.3, -0.25) is 19.0 Å². The van der Waals surface area contributed by atoms with E-state index in [4.69, 9.17) is 16.3 Å². The normalized spacial score (nSPS) is 14.5. The Morgan fingerprint density at radius 1 is 1.03 bits per heavy atom. The van der Waals surface area contributed by atoms with Gasteiger partial charge in [-0.05, 0) is 42.0 Å². The molecule has 5 rings (SSSR count). The highest BCUT2D eigenvalue weighted by Crippen LogP contribution is 2.42. The fourth-order valence-electron chi connectivity index (χ4n) is 3.91. The van der Waals surface area contributed by atoms with E-state index in [0.29, 0.717) is 33.7 Å². The van der Waals surface area contributed by atoms with Crippen LogP contribution in [0.25, 0.3) is 0 Å². The molecule has 2 N–H and O–H groups in total. The molecule has 2 aromatic carbocycles. The van der Waals surface area contributed by atoms with E-state index in [1.807, 2.05) is 24.3 Å². The summed E-state index contributed by atoms with van der Waals surface area (Å²) < 4.78 is 8.53. The number of benzene rings is 2. The second-order valence-electron chi connectivity index (χ2n) is 7.34. The van der Waals surface area contributed by atoms with Gasteiger partial charge in [-0.15, -0.1) is 0 Å². The van der Waals surface area contributed by atoms with Crippen LogP contribution in [0.3, 0.4) is 0 Å². The van der Waals surface area contributed by atoms with Gasteiger partial charge in [-0.1, -0.05) is 23.7 Å². The molecular formula is C22H18ClN5O3. The fourth-order valence-corrected chi connectivity index (χ4v) is 4.04. The molecule has 1 aliphatic heterocycles. The Bertz CT molecular complexity index is 1420. The number of H-pyrrole nitrogens is 1.